The van der Waals surface area contributed by atoms with Crippen LogP contribution in [0.4, 0.5) is 5.82 Å². The second-order valence-corrected chi connectivity index (χ2v) is 8.09. The third-order valence-corrected chi connectivity index (χ3v) is 5.67. The highest BCUT2D eigenvalue weighted by Crippen LogP contribution is 2.29. The summed E-state index contributed by atoms with van der Waals surface area (Å²) in [4.78, 5) is 17.4. The first-order valence-electron chi connectivity index (χ1n) is 8.88. The zero-order valence-corrected chi connectivity index (χ0v) is 18.3. The number of rotatable bonds is 5. The van der Waals surface area contributed by atoms with E-state index in [0.29, 0.717) is 21.0 Å². The van der Waals surface area contributed by atoms with E-state index in [1.807, 2.05) is 36.6 Å². The molecule has 0 spiro atoms. The number of nitrogens with one attached hydrogen (secondary N) is 1. The monoisotopic (exact) mass is 458 g/mol. The Kier molecular flexibility index (Phi) is 5.76. The van der Waals surface area contributed by atoms with Gasteiger partial charge in [-0.05, 0) is 37.3 Å². The Morgan fingerprint density at radius 3 is 2.80 bits per heavy atom. The van der Waals surface area contributed by atoms with Crippen molar-refractivity contribution in [2.75, 3.05) is 12.4 Å². The Balaban J connectivity index is 1.65. The molecule has 1 N–H and O–H groups in total. The van der Waals surface area contributed by atoms with Crippen molar-refractivity contribution in [2.45, 2.75) is 6.92 Å². The maximum Gasteiger partial charge on any atom is 0.258 e. The van der Waals surface area contributed by atoms with Gasteiger partial charge in [-0.25, -0.2) is 4.98 Å². The van der Waals surface area contributed by atoms with E-state index >= 15 is 0 Å². The maximum absolute atomic E-state index is 12.8. The van der Waals surface area contributed by atoms with Crippen LogP contribution in [-0.2, 0) is 0 Å². The van der Waals surface area contributed by atoms with Crippen LogP contribution in [0.5, 0.6) is 5.75 Å². The summed E-state index contributed by atoms with van der Waals surface area (Å²) in [7, 11) is 1.62. The average Bonchev–Trinajstić information content (AvgIpc) is 3.36. The fourth-order valence-electron chi connectivity index (χ4n) is 2.87. The minimum absolute atomic E-state index is 0.283. The summed E-state index contributed by atoms with van der Waals surface area (Å²) in [5.41, 5.74) is 2.74. The molecule has 152 valence electrons. The molecule has 30 heavy (non-hydrogen) atoms. The second-order valence-electron chi connectivity index (χ2n) is 6.41. The van der Waals surface area contributed by atoms with Crippen LogP contribution in [0.2, 0.25) is 10.0 Å². The lowest BCUT2D eigenvalue weighted by atomic mass is 10.2. The van der Waals surface area contributed by atoms with Gasteiger partial charge < -0.3 is 10.1 Å². The van der Waals surface area contributed by atoms with Gasteiger partial charge >= 0.3 is 0 Å². The van der Waals surface area contributed by atoms with Crippen molar-refractivity contribution in [3.05, 3.63) is 75.2 Å². The zero-order chi connectivity index (χ0) is 21.3. The summed E-state index contributed by atoms with van der Waals surface area (Å²) in [6.45, 7) is 1.84. The van der Waals surface area contributed by atoms with Crippen LogP contribution in [0.25, 0.3) is 16.4 Å². The number of carbonyl (C=O) groups excluding carboxylic acids is 1. The zero-order valence-electron chi connectivity index (χ0n) is 16.0. The molecule has 0 fully saturated rings. The Morgan fingerprint density at radius 1 is 1.17 bits per heavy atom. The normalized spacial score (nSPS) is 10.8. The smallest absolute Gasteiger partial charge is 0.258 e. The van der Waals surface area contributed by atoms with E-state index in [9.17, 15) is 4.79 Å². The third-order valence-electron chi connectivity index (χ3n) is 4.28. The van der Waals surface area contributed by atoms with Crippen molar-refractivity contribution >= 4 is 46.3 Å². The van der Waals surface area contributed by atoms with Gasteiger partial charge in [0.15, 0.2) is 0 Å². The van der Waals surface area contributed by atoms with Crippen LogP contribution in [0.1, 0.15) is 16.1 Å². The molecule has 0 atom stereocenters. The molecule has 0 aliphatic rings. The van der Waals surface area contributed by atoms with Crippen LogP contribution >= 0.6 is 34.5 Å². The van der Waals surface area contributed by atoms with E-state index in [0.717, 1.165) is 22.7 Å². The number of thiazole rings is 1. The predicted molar refractivity (Wildman–Crippen MR) is 120 cm³/mol. The lowest BCUT2D eigenvalue weighted by molar-refractivity contribution is 0.102. The molecule has 1 amide bonds. The van der Waals surface area contributed by atoms with E-state index in [1.165, 1.54) is 17.4 Å². The number of aromatic nitrogens is 3. The standard InChI is InChI=1S/C21H16Cl2N4O2S/c1-12-8-19(25-20(28)16-10-14(22)6-7-17(16)23)27(26-12)21-24-18(11-30-21)13-4-3-5-15(9-13)29-2/h3-11H,1-2H3,(H,25,28). The largest absolute Gasteiger partial charge is 0.497 e. The summed E-state index contributed by atoms with van der Waals surface area (Å²) < 4.78 is 6.88. The molecule has 2 aromatic heterocycles. The van der Waals surface area contributed by atoms with Crippen molar-refractivity contribution < 1.29 is 9.53 Å². The fourth-order valence-corrected chi connectivity index (χ4v) is 4.04. The lowest BCUT2D eigenvalue weighted by Crippen LogP contribution is -2.15. The van der Waals surface area contributed by atoms with Gasteiger partial charge in [0.05, 0.1) is 29.1 Å². The molecule has 2 heterocycles. The second kappa shape index (κ2) is 8.47. The number of aryl methyl sites for hydroxylation is 1. The molecule has 0 bridgehead atoms. The number of hydrogen-bond acceptors (Lipinski definition) is 5. The van der Waals surface area contributed by atoms with Crippen molar-refractivity contribution in [2.24, 2.45) is 0 Å². The lowest BCUT2D eigenvalue weighted by Gasteiger charge is -2.08. The summed E-state index contributed by atoms with van der Waals surface area (Å²) in [5, 5.41) is 10.6. The molecule has 0 unspecified atom stereocenters. The van der Waals surface area contributed by atoms with Crippen molar-refractivity contribution in [1.29, 1.82) is 0 Å². The number of methoxy groups -OCH3 is 1. The Hall–Kier alpha value is -2.87. The van der Waals surface area contributed by atoms with Gasteiger partial charge in [0.1, 0.15) is 11.6 Å². The van der Waals surface area contributed by atoms with Crippen molar-refractivity contribution in [1.82, 2.24) is 14.8 Å². The highest BCUT2D eigenvalue weighted by Gasteiger charge is 2.17. The Bertz CT molecular complexity index is 1240. The molecule has 4 rings (SSSR count). The first-order chi connectivity index (χ1) is 14.4. The molecule has 2 aromatic carbocycles. The number of ether oxygens (including phenoxy) is 1. The van der Waals surface area contributed by atoms with Crippen LogP contribution < -0.4 is 10.1 Å². The van der Waals surface area contributed by atoms with Gasteiger partial charge in [0, 0.05) is 22.0 Å². The summed E-state index contributed by atoms with van der Waals surface area (Å²) >= 11 is 13.6. The first kappa shape index (κ1) is 20.4. The Morgan fingerprint density at radius 2 is 2.00 bits per heavy atom. The minimum Gasteiger partial charge on any atom is -0.497 e. The van der Waals surface area contributed by atoms with Gasteiger partial charge in [0.25, 0.3) is 5.91 Å². The molecular formula is C21H16Cl2N4O2S. The fraction of sp³-hybridized carbons (Fsp3) is 0.0952. The number of hydrogen-bond donors (Lipinski definition) is 1. The number of amides is 1. The summed E-state index contributed by atoms with van der Waals surface area (Å²) in [6.07, 6.45) is 0. The highest BCUT2D eigenvalue weighted by atomic mass is 35.5. The Labute approximate surface area is 187 Å². The van der Waals surface area contributed by atoms with Gasteiger partial charge in [0.2, 0.25) is 5.13 Å². The predicted octanol–water partition coefficient (Wildman–Crippen LogP) is 5.87. The van der Waals surface area contributed by atoms with Crippen LogP contribution in [-0.4, -0.2) is 27.8 Å². The van der Waals surface area contributed by atoms with Gasteiger partial charge in [-0.2, -0.15) is 9.78 Å². The van der Waals surface area contributed by atoms with E-state index in [4.69, 9.17) is 27.9 Å². The van der Waals surface area contributed by atoms with E-state index < -0.39 is 0 Å². The molecule has 0 saturated heterocycles. The number of benzene rings is 2. The van der Waals surface area contributed by atoms with Gasteiger partial charge in [-0.1, -0.05) is 35.3 Å². The SMILES string of the molecule is COc1cccc(-c2csc(-n3nc(C)cc3NC(=O)c3cc(Cl)ccc3Cl)n2)c1. The maximum atomic E-state index is 12.8. The van der Waals surface area contributed by atoms with E-state index in [2.05, 4.69) is 15.4 Å². The number of nitrogens with zero attached hydrogens (tertiary/aromatic N) is 3. The van der Waals surface area contributed by atoms with Gasteiger partial charge in [-0.15, -0.1) is 11.3 Å². The van der Waals surface area contributed by atoms with Crippen LogP contribution in [0, 0.1) is 6.92 Å². The molecule has 0 saturated carbocycles. The minimum atomic E-state index is -0.381. The molecule has 9 heteroatoms. The number of anilines is 1. The molecule has 0 aliphatic carbocycles. The van der Waals surface area contributed by atoms with Crippen LogP contribution in [0.15, 0.2) is 53.9 Å². The topological polar surface area (TPSA) is 69.0 Å². The molecular weight excluding hydrogens is 443 g/mol. The quantitative estimate of drug-likeness (QED) is 0.405. The molecule has 6 nitrogen and oxygen atoms in total. The summed E-state index contributed by atoms with van der Waals surface area (Å²) in [5.74, 6) is 0.858. The first-order valence-corrected chi connectivity index (χ1v) is 10.5. The molecule has 0 aliphatic heterocycles. The van der Waals surface area contributed by atoms with Crippen LogP contribution in [0.3, 0.4) is 0 Å². The van der Waals surface area contributed by atoms with Crippen molar-refractivity contribution in [3.63, 3.8) is 0 Å². The molecule has 4 aromatic rings. The third kappa shape index (κ3) is 4.18. The number of carbonyl (C=O) groups is 1. The highest BCUT2D eigenvalue weighted by molar-refractivity contribution is 7.12. The summed E-state index contributed by atoms with van der Waals surface area (Å²) in [6, 6.07) is 14.2. The van der Waals surface area contributed by atoms with E-state index in [-0.39, 0.29) is 11.5 Å². The average molecular weight is 459 g/mol. The van der Waals surface area contributed by atoms with Crippen molar-refractivity contribution in [3.8, 4) is 22.1 Å². The number of halogens is 2. The van der Waals surface area contributed by atoms with E-state index in [1.54, 1.807) is 30.0 Å². The van der Waals surface area contributed by atoms with Gasteiger partial charge in [-0.3, -0.25) is 4.79 Å². The molecule has 0 radical (unpaired) electrons.